The van der Waals surface area contributed by atoms with Gasteiger partial charge in [-0.1, -0.05) is 38.1 Å². The molecule has 4 bridgehead atoms. The number of sulfonamides is 1. The van der Waals surface area contributed by atoms with Crippen molar-refractivity contribution in [2.75, 3.05) is 23.3 Å². The molecule has 3 heterocycles. The molecule has 1 atom stereocenters. The highest BCUT2D eigenvalue weighted by molar-refractivity contribution is 7.92. The topological polar surface area (TPSA) is 131 Å². The molecule has 46 heavy (non-hydrogen) atoms. The first-order valence-corrected chi connectivity index (χ1v) is 17.0. The Balaban J connectivity index is 1.44. The van der Waals surface area contributed by atoms with Gasteiger partial charge in [-0.05, 0) is 68.4 Å². The van der Waals surface area contributed by atoms with Crippen LogP contribution in [-0.2, 0) is 16.6 Å². The Morgan fingerprint density at radius 3 is 2.46 bits per heavy atom. The van der Waals surface area contributed by atoms with Gasteiger partial charge in [-0.2, -0.15) is 4.98 Å². The first-order valence-electron chi connectivity index (χ1n) is 15.6. The molecule has 1 saturated carbocycles. The number of rotatable bonds is 6. The van der Waals surface area contributed by atoms with Gasteiger partial charge < -0.3 is 14.5 Å². The van der Waals surface area contributed by atoms with Gasteiger partial charge in [-0.3, -0.25) is 9.78 Å². The average Bonchev–Trinajstić information content (AvgIpc) is 2.99. The molecule has 1 amide bonds. The maximum absolute atomic E-state index is 14.3. The van der Waals surface area contributed by atoms with E-state index in [0.717, 1.165) is 35.3 Å². The van der Waals surface area contributed by atoms with Gasteiger partial charge in [0, 0.05) is 30.3 Å². The monoisotopic (exact) mass is 641 g/mol. The summed E-state index contributed by atoms with van der Waals surface area (Å²) in [6.07, 6.45) is 6.84. The van der Waals surface area contributed by atoms with Crippen molar-refractivity contribution in [2.45, 2.75) is 70.5 Å². The second-order valence-corrected chi connectivity index (χ2v) is 14.1. The summed E-state index contributed by atoms with van der Waals surface area (Å²) in [4.78, 5) is 36.4. The Labute approximate surface area is 270 Å². The standard InChI is InChI=1S/C34H39N7O4S/c1-21(2)29-20-45-31-16-28(32-22(3)9-6-10-23(32)4)37-34(38-31)39-46(43,44)27-14-7-11-24(15-27)33(42)41(29)19-25-17-35-18-30(36-25)40(5)26-12-8-13-26/h6-7,9-11,14-18,21,26,29H,8,12-13,19-20H2,1-5H3,(H,37,38,39)/t29-/m0/s1. The molecule has 4 aromatic rings. The van der Waals surface area contributed by atoms with Gasteiger partial charge in [-0.25, -0.2) is 23.1 Å². The molecule has 2 aromatic carbocycles. The summed E-state index contributed by atoms with van der Waals surface area (Å²) in [5.74, 6) is 0.453. The highest BCUT2D eigenvalue weighted by Crippen LogP contribution is 2.31. The summed E-state index contributed by atoms with van der Waals surface area (Å²) in [6, 6.07) is 13.6. The number of fused-ring (bicyclic) bond motifs is 4. The molecule has 0 radical (unpaired) electrons. The number of benzene rings is 2. The van der Waals surface area contributed by atoms with E-state index in [0.29, 0.717) is 17.4 Å². The van der Waals surface area contributed by atoms with E-state index in [2.05, 4.69) is 24.6 Å². The first-order chi connectivity index (χ1) is 22.0. The van der Waals surface area contributed by atoms with Gasteiger partial charge in [0.15, 0.2) is 0 Å². The van der Waals surface area contributed by atoms with Crippen molar-refractivity contribution < 1.29 is 17.9 Å². The maximum Gasteiger partial charge on any atom is 0.264 e. The lowest BCUT2D eigenvalue weighted by Crippen LogP contribution is -2.46. The third-order valence-corrected chi connectivity index (χ3v) is 10.2. The highest BCUT2D eigenvalue weighted by Gasteiger charge is 2.31. The van der Waals surface area contributed by atoms with Crippen LogP contribution in [0.15, 0.2) is 65.8 Å². The minimum Gasteiger partial charge on any atom is -0.475 e. The Bertz CT molecular complexity index is 1860. The Morgan fingerprint density at radius 1 is 1.02 bits per heavy atom. The van der Waals surface area contributed by atoms with E-state index < -0.39 is 16.1 Å². The zero-order chi connectivity index (χ0) is 32.6. The van der Waals surface area contributed by atoms with E-state index in [1.165, 1.54) is 18.6 Å². The summed E-state index contributed by atoms with van der Waals surface area (Å²) < 4.78 is 36.0. The number of amides is 1. The fourth-order valence-corrected chi connectivity index (χ4v) is 6.95. The van der Waals surface area contributed by atoms with Crippen molar-refractivity contribution in [3.05, 3.63) is 83.3 Å². The Morgan fingerprint density at radius 2 is 1.76 bits per heavy atom. The van der Waals surface area contributed by atoms with E-state index in [-0.39, 0.29) is 47.3 Å². The van der Waals surface area contributed by atoms with Crippen LogP contribution in [0.2, 0.25) is 0 Å². The molecule has 0 spiro atoms. The van der Waals surface area contributed by atoms with Crippen LogP contribution < -0.4 is 14.4 Å². The van der Waals surface area contributed by atoms with E-state index in [1.54, 1.807) is 35.5 Å². The lowest BCUT2D eigenvalue weighted by molar-refractivity contribution is 0.0501. The van der Waals surface area contributed by atoms with E-state index in [4.69, 9.17) is 9.72 Å². The third-order valence-electron chi connectivity index (χ3n) is 8.88. The van der Waals surface area contributed by atoms with Crippen LogP contribution in [0.3, 0.4) is 0 Å². The minimum atomic E-state index is -4.16. The summed E-state index contributed by atoms with van der Waals surface area (Å²) >= 11 is 0. The molecule has 2 aliphatic rings. The van der Waals surface area contributed by atoms with E-state index in [9.17, 15) is 13.2 Å². The Kier molecular flexibility index (Phi) is 8.65. The lowest BCUT2D eigenvalue weighted by Gasteiger charge is -2.36. The molecule has 2 aromatic heterocycles. The van der Waals surface area contributed by atoms with Crippen LogP contribution in [0, 0.1) is 19.8 Å². The molecule has 0 unspecified atom stereocenters. The van der Waals surface area contributed by atoms with E-state index >= 15 is 0 Å². The van der Waals surface area contributed by atoms with Gasteiger partial charge in [0.05, 0.1) is 41.3 Å². The van der Waals surface area contributed by atoms with Crippen molar-refractivity contribution in [2.24, 2.45) is 5.92 Å². The number of carbonyl (C=O) groups excluding carboxylic acids is 1. The van der Waals surface area contributed by atoms with Crippen LogP contribution >= 0.6 is 0 Å². The number of aryl methyl sites for hydroxylation is 2. The summed E-state index contributed by atoms with van der Waals surface area (Å²) in [7, 11) is -2.13. The molecule has 11 nitrogen and oxygen atoms in total. The molecule has 12 heteroatoms. The molecule has 1 N–H and O–H groups in total. The largest absolute Gasteiger partial charge is 0.475 e. The summed E-state index contributed by atoms with van der Waals surface area (Å²) in [5, 5.41) is 0. The number of carbonyl (C=O) groups is 1. The molecule has 1 fully saturated rings. The van der Waals surface area contributed by atoms with Crippen LogP contribution in [-0.4, -0.2) is 64.9 Å². The van der Waals surface area contributed by atoms with Crippen molar-refractivity contribution >= 4 is 27.7 Å². The number of ether oxygens (including phenoxy) is 1. The van der Waals surface area contributed by atoms with Crippen LogP contribution in [0.5, 0.6) is 5.88 Å². The van der Waals surface area contributed by atoms with Crippen LogP contribution in [0.1, 0.15) is 60.3 Å². The van der Waals surface area contributed by atoms with Crippen LogP contribution in [0.25, 0.3) is 11.3 Å². The van der Waals surface area contributed by atoms with Crippen molar-refractivity contribution in [1.82, 2.24) is 24.8 Å². The second-order valence-electron chi connectivity index (χ2n) is 12.4. The van der Waals surface area contributed by atoms with Crippen molar-refractivity contribution in [3.63, 3.8) is 0 Å². The van der Waals surface area contributed by atoms with Gasteiger partial charge in [0.2, 0.25) is 11.8 Å². The number of nitrogens with zero attached hydrogens (tertiary/aromatic N) is 6. The quantitative estimate of drug-likeness (QED) is 0.294. The lowest BCUT2D eigenvalue weighted by atomic mass is 9.92. The second kappa shape index (κ2) is 12.7. The fraction of sp³-hybridized carbons (Fsp3) is 0.382. The SMILES string of the molecule is Cc1cccc(C)c1-c1cc2nc(n1)NS(=O)(=O)c1cccc(c1)C(=O)N(Cc1cncc(N(C)C3CCC3)n1)[C@H](C(C)C)CO2. The normalized spacial score (nSPS) is 18.0. The smallest absolute Gasteiger partial charge is 0.264 e. The van der Waals surface area contributed by atoms with Crippen LogP contribution in [0.4, 0.5) is 11.8 Å². The number of aromatic nitrogens is 4. The predicted molar refractivity (Wildman–Crippen MR) is 176 cm³/mol. The van der Waals surface area contributed by atoms with Crippen molar-refractivity contribution in [3.8, 4) is 17.1 Å². The zero-order valence-electron chi connectivity index (χ0n) is 26.8. The van der Waals surface area contributed by atoms with Gasteiger partial charge in [0.1, 0.15) is 12.4 Å². The molecular formula is C34H39N7O4S. The molecule has 0 saturated heterocycles. The van der Waals surface area contributed by atoms with Crippen molar-refractivity contribution in [1.29, 1.82) is 0 Å². The van der Waals surface area contributed by atoms with Gasteiger partial charge in [0.25, 0.3) is 15.9 Å². The minimum absolute atomic E-state index is 0.0349. The summed E-state index contributed by atoms with van der Waals surface area (Å²) in [5.41, 5.74) is 4.20. The zero-order valence-corrected chi connectivity index (χ0v) is 27.6. The van der Waals surface area contributed by atoms with Gasteiger partial charge >= 0.3 is 0 Å². The summed E-state index contributed by atoms with van der Waals surface area (Å²) in [6.45, 7) is 8.26. The first kappa shape index (κ1) is 31.4. The average molecular weight is 642 g/mol. The number of anilines is 2. The highest BCUT2D eigenvalue weighted by atomic mass is 32.2. The number of hydrogen-bond donors (Lipinski definition) is 1. The molecular weight excluding hydrogens is 602 g/mol. The van der Waals surface area contributed by atoms with Gasteiger partial charge in [-0.15, -0.1) is 0 Å². The molecule has 240 valence electrons. The Hall–Kier alpha value is -4.58. The molecule has 6 rings (SSSR count). The molecule has 1 aliphatic carbocycles. The predicted octanol–water partition coefficient (Wildman–Crippen LogP) is 5.40. The fourth-order valence-electron chi connectivity index (χ4n) is 5.96. The maximum atomic E-state index is 14.3. The number of hydrogen-bond acceptors (Lipinski definition) is 9. The number of nitrogens with one attached hydrogen (secondary N) is 1. The third kappa shape index (κ3) is 6.39. The molecule has 1 aliphatic heterocycles. The van der Waals surface area contributed by atoms with E-state index in [1.807, 2.05) is 52.9 Å².